The first-order chi connectivity index (χ1) is 11.3. The number of hydrogen-bond donors (Lipinski definition) is 0. The summed E-state index contributed by atoms with van der Waals surface area (Å²) in [4.78, 5) is 11.3. The fraction of sp³-hybridized carbons (Fsp3) is 0.375. The molecule has 8 heteroatoms. The lowest BCUT2D eigenvalue weighted by Gasteiger charge is -2.12. The van der Waals surface area contributed by atoms with Crippen molar-refractivity contribution in [2.45, 2.75) is 19.8 Å². The molecule has 1 aromatic carbocycles. The van der Waals surface area contributed by atoms with Crippen molar-refractivity contribution in [1.82, 2.24) is 9.78 Å². The normalized spacial score (nSPS) is 10.8. The van der Waals surface area contributed by atoms with Crippen molar-refractivity contribution in [2.75, 3.05) is 13.7 Å². The summed E-state index contributed by atoms with van der Waals surface area (Å²) in [5, 5.41) is 5.27. The van der Waals surface area contributed by atoms with Crippen LogP contribution < -0.4 is 9.47 Å². The van der Waals surface area contributed by atoms with Crippen LogP contribution in [0.25, 0.3) is 0 Å². The smallest absolute Gasteiger partial charge is 0.343 e. The van der Waals surface area contributed by atoms with E-state index in [1.54, 1.807) is 25.2 Å². The Morgan fingerprint density at radius 2 is 2.04 bits per heavy atom. The van der Waals surface area contributed by atoms with Gasteiger partial charge in [0.1, 0.15) is 11.4 Å². The van der Waals surface area contributed by atoms with Gasteiger partial charge in [0.25, 0.3) is 5.88 Å². The van der Waals surface area contributed by atoms with Crippen LogP contribution in [0.5, 0.6) is 17.4 Å². The Morgan fingerprint density at radius 3 is 2.62 bits per heavy atom. The van der Waals surface area contributed by atoms with Gasteiger partial charge in [-0.25, -0.2) is 9.48 Å². The van der Waals surface area contributed by atoms with E-state index in [4.69, 9.17) is 32.7 Å². The largest absolute Gasteiger partial charge is 0.466 e. The maximum absolute atomic E-state index is 11.3. The van der Waals surface area contributed by atoms with Crippen LogP contribution in [0.4, 0.5) is 0 Å². The third kappa shape index (κ3) is 4.13. The molecular weight excluding hydrogens is 355 g/mol. The van der Waals surface area contributed by atoms with Crippen molar-refractivity contribution < 1.29 is 19.0 Å². The van der Waals surface area contributed by atoms with E-state index in [9.17, 15) is 4.79 Å². The molecule has 6 nitrogen and oxygen atoms in total. The number of aromatic nitrogens is 2. The lowest BCUT2D eigenvalue weighted by atomic mass is 10.1. The quantitative estimate of drug-likeness (QED) is 0.711. The highest BCUT2D eigenvalue weighted by Gasteiger charge is 2.24. The van der Waals surface area contributed by atoms with Crippen molar-refractivity contribution >= 4 is 29.2 Å². The standard InChI is InChI=1S/C16H18Cl2N2O4/c1-9(2)14-15(24-12-6-5-10(17)7-11(12)18)16(20(3)19-14)23-8-13(21)22-4/h5-7,9H,8H2,1-4H3. The molecule has 1 aromatic heterocycles. The van der Waals surface area contributed by atoms with Gasteiger partial charge in [0.2, 0.25) is 5.75 Å². The minimum Gasteiger partial charge on any atom is -0.466 e. The van der Waals surface area contributed by atoms with E-state index in [2.05, 4.69) is 9.84 Å². The van der Waals surface area contributed by atoms with Crippen LogP contribution in [0.15, 0.2) is 18.2 Å². The van der Waals surface area contributed by atoms with Crippen LogP contribution in [0.1, 0.15) is 25.5 Å². The minimum atomic E-state index is -0.502. The Balaban J connectivity index is 2.39. The molecular formula is C16H18Cl2N2O4. The lowest BCUT2D eigenvalue weighted by Crippen LogP contribution is -2.14. The average Bonchev–Trinajstić information content (AvgIpc) is 2.84. The van der Waals surface area contributed by atoms with E-state index in [1.807, 2.05) is 13.8 Å². The zero-order valence-electron chi connectivity index (χ0n) is 13.8. The second kappa shape index (κ2) is 7.77. The fourth-order valence-electron chi connectivity index (χ4n) is 2.00. The highest BCUT2D eigenvalue weighted by molar-refractivity contribution is 6.35. The van der Waals surface area contributed by atoms with Crippen LogP contribution in [0.3, 0.4) is 0 Å². The maximum Gasteiger partial charge on any atom is 0.343 e. The van der Waals surface area contributed by atoms with Gasteiger partial charge in [0.05, 0.1) is 12.1 Å². The molecule has 24 heavy (non-hydrogen) atoms. The van der Waals surface area contributed by atoms with Gasteiger partial charge in [0.15, 0.2) is 6.61 Å². The zero-order chi connectivity index (χ0) is 17.9. The van der Waals surface area contributed by atoms with Crippen LogP contribution in [0, 0.1) is 0 Å². The third-order valence-electron chi connectivity index (χ3n) is 3.19. The van der Waals surface area contributed by atoms with Crippen LogP contribution in [-0.4, -0.2) is 29.5 Å². The molecule has 0 unspecified atom stereocenters. The van der Waals surface area contributed by atoms with E-state index < -0.39 is 5.97 Å². The van der Waals surface area contributed by atoms with E-state index in [0.29, 0.717) is 33.1 Å². The molecule has 0 atom stereocenters. The molecule has 0 aliphatic heterocycles. The number of hydrogen-bond acceptors (Lipinski definition) is 5. The molecule has 0 N–H and O–H groups in total. The van der Waals surface area contributed by atoms with E-state index >= 15 is 0 Å². The number of esters is 1. The van der Waals surface area contributed by atoms with Crippen molar-refractivity contribution in [3.63, 3.8) is 0 Å². The summed E-state index contributed by atoms with van der Waals surface area (Å²) in [7, 11) is 2.99. The van der Waals surface area contributed by atoms with E-state index in [0.717, 1.165) is 0 Å². The predicted octanol–water partition coefficient (Wildman–Crippen LogP) is 4.19. The molecule has 0 radical (unpaired) electrons. The summed E-state index contributed by atoms with van der Waals surface area (Å²) in [6, 6.07) is 4.91. The summed E-state index contributed by atoms with van der Waals surface area (Å²) in [5.41, 5.74) is 0.684. The maximum atomic E-state index is 11.3. The van der Waals surface area contributed by atoms with E-state index in [-0.39, 0.29) is 12.5 Å². The predicted molar refractivity (Wildman–Crippen MR) is 91.3 cm³/mol. The molecule has 130 valence electrons. The molecule has 0 bridgehead atoms. The van der Waals surface area contributed by atoms with Crippen molar-refractivity contribution in [1.29, 1.82) is 0 Å². The van der Waals surface area contributed by atoms with Gasteiger partial charge < -0.3 is 14.2 Å². The van der Waals surface area contributed by atoms with Crippen LogP contribution >= 0.6 is 23.2 Å². The van der Waals surface area contributed by atoms with Gasteiger partial charge in [-0.05, 0) is 18.2 Å². The van der Waals surface area contributed by atoms with Gasteiger partial charge >= 0.3 is 5.97 Å². The summed E-state index contributed by atoms with van der Waals surface area (Å²) >= 11 is 12.1. The second-order valence-corrected chi connectivity index (χ2v) is 6.18. The number of aryl methyl sites for hydroxylation is 1. The first-order valence-corrected chi connectivity index (χ1v) is 7.98. The Labute approximate surface area is 150 Å². The number of halogens is 2. The van der Waals surface area contributed by atoms with Gasteiger partial charge in [0, 0.05) is 18.0 Å². The summed E-state index contributed by atoms with van der Waals surface area (Å²) in [5.74, 6) is 0.708. The first-order valence-electron chi connectivity index (χ1n) is 7.22. The molecule has 0 fully saturated rings. The summed E-state index contributed by atoms with van der Waals surface area (Å²) in [6.45, 7) is 3.70. The summed E-state index contributed by atoms with van der Waals surface area (Å²) < 4.78 is 17.5. The molecule has 0 saturated carbocycles. The lowest BCUT2D eigenvalue weighted by molar-refractivity contribution is -0.143. The van der Waals surface area contributed by atoms with Crippen LogP contribution in [-0.2, 0) is 16.6 Å². The average molecular weight is 373 g/mol. The Hall–Kier alpha value is -1.92. The van der Waals surface area contributed by atoms with Gasteiger partial charge in [-0.1, -0.05) is 37.0 Å². The number of methoxy groups -OCH3 is 1. The molecule has 2 aromatic rings. The molecule has 0 amide bonds. The second-order valence-electron chi connectivity index (χ2n) is 5.34. The monoisotopic (exact) mass is 372 g/mol. The van der Waals surface area contributed by atoms with Crippen LogP contribution in [0.2, 0.25) is 10.0 Å². The summed E-state index contributed by atoms with van der Waals surface area (Å²) in [6.07, 6.45) is 0. The number of rotatable bonds is 6. The number of benzene rings is 1. The van der Waals surface area contributed by atoms with Gasteiger partial charge in [-0.15, -0.1) is 0 Å². The van der Waals surface area contributed by atoms with E-state index in [1.165, 1.54) is 11.8 Å². The number of ether oxygens (including phenoxy) is 3. The number of carbonyl (C=O) groups excluding carboxylic acids is 1. The highest BCUT2D eigenvalue weighted by atomic mass is 35.5. The molecule has 0 saturated heterocycles. The highest BCUT2D eigenvalue weighted by Crippen LogP contribution is 2.40. The molecule has 0 spiro atoms. The molecule has 0 aliphatic rings. The first kappa shape index (κ1) is 18.4. The Morgan fingerprint density at radius 1 is 1.33 bits per heavy atom. The zero-order valence-corrected chi connectivity index (χ0v) is 15.3. The molecule has 0 aliphatic carbocycles. The van der Waals surface area contributed by atoms with Crippen molar-refractivity contribution in [2.24, 2.45) is 7.05 Å². The SMILES string of the molecule is COC(=O)COc1c(Oc2ccc(Cl)cc2Cl)c(C(C)C)nn1C. The number of carbonyl (C=O) groups is 1. The molecule has 2 rings (SSSR count). The minimum absolute atomic E-state index is 0.0766. The number of nitrogens with zero attached hydrogens (tertiary/aromatic N) is 2. The molecule has 1 heterocycles. The Kier molecular flexibility index (Phi) is 5.96. The van der Waals surface area contributed by atoms with Gasteiger partial charge in [-0.2, -0.15) is 5.10 Å². The fourth-order valence-corrected chi connectivity index (χ4v) is 2.44. The topological polar surface area (TPSA) is 62.6 Å². The third-order valence-corrected chi connectivity index (χ3v) is 3.72. The van der Waals surface area contributed by atoms with Gasteiger partial charge in [-0.3, -0.25) is 0 Å². The van der Waals surface area contributed by atoms with Crippen molar-refractivity contribution in [3.05, 3.63) is 33.9 Å². The Bertz CT molecular complexity index is 744. The van der Waals surface area contributed by atoms with Crippen molar-refractivity contribution in [3.8, 4) is 17.4 Å².